The van der Waals surface area contributed by atoms with E-state index in [1.54, 1.807) is 18.2 Å². The molecule has 0 aromatic heterocycles. The lowest BCUT2D eigenvalue weighted by molar-refractivity contribution is -0.142. The van der Waals surface area contributed by atoms with Gasteiger partial charge in [0.05, 0.1) is 13.0 Å². The van der Waals surface area contributed by atoms with E-state index in [1.165, 1.54) is 13.2 Å². The van der Waals surface area contributed by atoms with Gasteiger partial charge in [0.15, 0.2) is 0 Å². The lowest BCUT2D eigenvalue weighted by Gasteiger charge is -2.16. The molecule has 0 amide bonds. The van der Waals surface area contributed by atoms with Gasteiger partial charge in [-0.15, -0.1) is 0 Å². The van der Waals surface area contributed by atoms with E-state index >= 15 is 0 Å². The lowest BCUT2D eigenvalue weighted by atomic mass is 9.89. The molecule has 0 bridgehead atoms. The Morgan fingerprint density at radius 2 is 1.89 bits per heavy atom. The highest BCUT2D eigenvalue weighted by atomic mass is 19.1. The number of carbonyl (C=O) groups is 1. The van der Waals surface area contributed by atoms with Crippen LogP contribution in [-0.4, -0.2) is 13.1 Å². The third-order valence-electron chi connectivity index (χ3n) is 3.79. The summed E-state index contributed by atoms with van der Waals surface area (Å²) in [5.74, 6) is -0.408. The van der Waals surface area contributed by atoms with E-state index in [-0.39, 0.29) is 17.7 Å². The summed E-state index contributed by atoms with van der Waals surface area (Å²) in [6.45, 7) is 0. The minimum absolute atomic E-state index is 0.223. The quantitative estimate of drug-likeness (QED) is 0.785. The number of methoxy groups -OCH3 is 1. The van der Waals surface area contributed by atoms with Gasteiger partial charge in [-0.3, -0.25) is 4.79 Å². The summed E-state index contributed by atoms with van der Waals surface area (Å²) in [5.41, 5.74) is 0.881. The van der Waals surface area contributed by atoms with Crippen molar-refractivity contribution >= 4 is 16.7 Å². The standard InChI is InChI=1S/C16H15FO2/c1-19-16(18)15(10-6-7-10)13-8-9-14(17)12-5-3-2-4-11(12)13/h2-5,8-10,15H,6-7H2,1H3. The van der Waals surface area contributed by atoms with E-state index in [2.05, 4.69) is 0 Å². The van der Waals surface area contributed by atoms with Crippen molar-refractivity contribution in [1.82, 2.24) is 0 Å². The van der Waals surface area contributed by atoms with Crippen LogP contribution in [0.2, 0.25) is 0 Å². The molecule has 2 aromatic carbocycles. The molecule has 2 nitrogen and oxygen atoms in total. The summed E-state index contributed by atoms with van der Waals surface area (Å²) in [7, 11) is 1.41. The van der Waals surface area contributed by atoms with Crippen LogP contribution in [0.25, 0.3) is 10.8 Å². The van der Waals surface area contributed by atoms with Crippen LogP contribution in [0.5, 0.6) is 0 Å². The Kier molecular flexibility index (Phi) is 2.97. The summed E-state index contributed by atoms with van der Waals surface area (Å²) >= 11 is 0. The summed E-state index contributed by atoms with van der Waals surface area (Å²) in [6.07, 6.45) is 2.07. The summed E-state index contributed by atoms with van der Waals surface area (Å²) in [5, 5.41) is 1.37. The normalized spacial score (nSPS) is 16.3. The predicted octanol–water partition coefficient (Wildman–Crippen LogP) is 3.65. The topological polar surface area (TPSA) is 26.3 Å². The maximum Gasteiger partial charge on any atom is 0.313 e. The third-order valence-corrected chi connectivity index (χ3v) is 3.79. The van der Waals surface area contributed by atoms with Crippen molar-refractivity contribution in [2.24, 2.45) is 5.92 Å². The average molecular weight is 258 g/mol. The highest BCUT2D eigenvalue weighted by Gasteiger charge is 2.38. The summed E-state index contributed by atoms with van der Waals surface area (Å²) in [6, 6.07) is 10.4. The van der Waals surface area contributed by atoms with Crippen LogP contribution in [0.4, 0.5) is 4.39 Å². The van der Waals surface area contributed by atoms with Crippen molar-refractivity contribution in [3.05, 3.63) is 47.8 Å². The van der Waals surface area contributed by atoms with E-state index in [9.17, 15) is 9.18 Å². The van der Waals surface area contributed by atoms with Crippen LogP contribution >= 0.6 is 0 Å². The van der Waals surface area contributed by atoms with Crippen LogP contribution in [-0.2, 0) is 9.53 Å². The van der Waals surface area contributed by atoms with Gasteiger partial charge >= 0.3 is 5.97 Å². The minimum atomic E-state index is -0.268. The van der Waals surface area contributed by atoms with Crippen molar-refractivity contribution in [1.29, 1.82) is 0 Å². The Bertz CT molecular complexity index is 632. The second-order valence-corrected chi connectivity index (χ2v) is 5.02. The van der Waals surface area contributed by atoms with Gasteiger partial charge < -0.3 is 4.74 Å². The molecule has 0 saturated heterocycles. The first-order valence-electron chi connectivity index (χ1n) is 6.47. The first-order chi connectivity index (χ1) is 9.22. The summed E-state index contributed by atoms with van der Waals surface area (Å²) < 4.78 is 18.7. The number of hydrogen-bond acceptors (Lipinski definition) is 2. The van der Waals surface area contributed by atoms with Gasteiger partial charge in [-0.1, -0.05) is 30.3 Å². The highest BCUT2D eigenvalue weighted by molar-refractivity contribution is 5.91. The number of hydrogen-bond donors (Lipinski definition) is 0. The molecule has 1 saturated carbocycles. The first-order valence-corrected chi connectivity index (χ1v) is 6.47. The molecule has 19 heavy (non-hydrogen) atoms. The van der Waals surface area contributed by atoms with E-state index in [0.717, 1.165) is 23.8 Å². The lowest BCUT2D eigenvalue weighted by Crippen LogP contribution is -2.16. The van der Waals surface area contributed by atoms with Crippen LogP contribution in [0.3, 0.4) is 0 Å². The molecule has 0 heterocycles. The van der Waals surface area contributed by atoms with E-state index in [0.29, 0.717) is 11.3 Å². The SMILES string of the molecule is COC(=O)C(c1ccc(F)c2ccccc12)C1CC1. The monoisotopic (exact) mass is 258 g/mol. The second kappa shape index (κ2) is 4.65. The molecule has 1 aliphatic rings. The van der Waals surface area contributed by atoms with Crippen molar-refractivity contribution in [3.8, 4) is 0 Å². The molecule has 1 fully saturated rings. The fourth-order valence-electron chi connectivity index (χ4n) is 2.69. The maximum atomic E-state index is 13.8. The molecule has 98 valence electrons. The molecule has 0 N–H and O–H groups in total. The number of esters is 1. The molecule has 0 radical (unpaired) electrons. The average Bonchev–Trinajstić information content (AvgIpc) is 3.26. The molecular weight excluding hydrogens is 243 g/mol. The Labute approximate surface area is 111 Å². The van der Waals surface area contributed by atoms with E-state index in [4.69, 9.17) is 4.74 Å². The van der Waals surface area contributed by atoms with Crippen LogP contribution < -0.4 is 0 Å². The Hall–Kier alpha value is -1.90. The number of carbonyl (C=O) groups excluding carboxylic acids is 1. The molecule has 1 atom stereocenters. The second-order valence-electron chi connectivity index (χ2n) is 5.02. The molecular formula is C16H15FO2. The number of ether oxygens (including phenoxy) is 1. The van der Waals surface area contributed by atoms with Gasteiger partial charge in [0.2, 0.25) is 0 Å². The first kappa shape index (κ1) is 12.2. The van der Waals surface area contributed by atoms with E-state index < -0.39 is 0 Å². The Balaban J connectivity index is 2.18. The van der Waals surface area contributed by atoms with Crippen molar-refractivity contribution < 1.29 is 13.9 Å². The van der Waals surface area contributed by atoms with Gasteiger partial charge in [0.25, 0.3) is 0 Å². The van der Waals surface area contributed by atoms with Crippen molar-refractivity contribution in [3.63, 3.8) is 0 Å². The molecule has 1 unspecified atom stereocenters. The van der Waals surface area contributed by atoms with Crippen molar-refractivity contribution in [2.45, 2.75) is 18.8 Å². The minimum Gasteiger partial charge on any atom is -0.469 e. The number of halogens is 1. The van der Waals surface area contributed by atoms with Gasteiger partial charge in [-0.05, 0) is 35.8 Å². The molecule has 0 spiro atoms. The molecule has 3 rings (SSSR count). The highest BCUT2D eigenvalue weighted by Crippen LogP contribution is 2.45. The Morgan fingerprint density at radius 1 is 1.21 bits per heavy atom. The van der Waals surface area contributed by atoms with Crippen LogP contribution in [0.1, 0.15) is 24.3 Å². The van der Waals surface area contributed by atoms with Crippen molar-refractivity contribution in [2.75, 3.05) is 7.11 Å². The zero-order valence-corrected chi connectivity index (χ0v) is 10.7. The summed E-state index contributed by atoms with van der Waals surface area (Å²) in [4.78, 5) is 12.0. The van der Waals surface area contributed by atoms with Gasteiger partial charge in [-0.25, -0.2) is 4.39 Å². The number of benzene rings is 2. The predicted molar refractivity (Wildman–Crippen MR) is 71.4 cm³/mol. The molecule has 3 heteroatoms. The molecule has 2 aromatic rings. The zero-order valence-electron chi connectivity index (χ0n) is 10.7. The van der Waals surface area contributed by atoms with E-state index in [1.807, 2.05) is 12.1 Å². The fourth-order valence-corrected chi connectivity index (χ4v) is 2.69. The number of rotatable bonds is 3. The van der Waals surface area contributed by atoms with Gasteiger partial charge in [0.1, 0.15) is 5.82 Å². The fraction of sp³-hybridized carbons (Fsp3) is 0.312. The molecule has 1 aliphatic carbocycles. The smallest absolute Gasteiger partial charge is 0.313 e. The van der Waals surface area contributed by atoms with Crippen LogP contribution in [0.15, 0.2) is 36.4 Å². The Morgan fingerprint density at radius 3 is 2.53 bits per heavy atom. The number of fused-ring (bicyclic) bond motifs is 1. The third kappa shape index (κ3) is 2.09. The van der Waals surface area contributed by atoms with Crippen LogP contribution in [0, 0.1) is 11.7 Å². The zero-order chi connectivity index (χ0) is 13.4. The maximum absolute atomic E-state index is 13.8. The molecule has 0 aliphatic heterocycles. The van der Waals surface area contributed by atoms with Gasteiger partial charge in [0, 0.05) is 5.39 Å². The van der Waals surface area contributed by atoms with Gasteiger partial charge in [-0.2, -0.15) is 0 Å². The largest absolute Gasteiger partial charge is 0.469 e.